The van der Waals surface area contributed by atoms with Crippen LogP contribution in [0.2, 0.25) is 0 Å². The maximum atomic E-state index is 6.42. The van der Waals surface area contributed by atoms with E-state index in [2.05, 4.69) is 49.2 Å². The molecule has 0 fully saturated rings. The average Bonchev–Trinajstić information content (AvgIpc) is 3.41. The second kappa shape index (κ2) is 5.92. The molecule has 0 spiro atoms. The summed E-state index contributed by atoms with van der Waals surface area (Å²) in [4.78, 5) is 3.54. The van der Waals surface area contributed by atoms with Gasteiger partial charge in [0.05, 0.1) is 0 Å². The van der Waals surface area contributed by atoms with Gasteiger partial charge in [-0.15, -0.1) is 0 Å². The Hall–Kier alpha value is -3.66. The van der Waals surface area contributed by atoms with Crippen LogP contribution in [0, 0.1) is 13.8 Å². The van der Waals surface area contributed by atoms with E-state index >= 15 is 0 Å². The van der Waals surface area contributed by atoms with Gasteiger partial charge in [-0.25, -0.2) is 0 Å². The Morgan fingerprint density at radius 3 is 2.41 bits per heavy atom. The number of nitrogens with one attached hydrogen (secondary N) is 1. The van der Waals surface area contributed by atoms with Crippen molar-refractivity contribution < 1.29 is 13.9 Å². The first kappa shape index (κ1) is 16.3. The van der Waals surface area contributed by atoms with Gasteiger partial charge in [-0.3, -0.25) is 0 Å². The predicted octanol–water partition coefficient (Wildman–Crippen LogP) is 6.59. The van der Waals surface area contributed by atoms with Crippen molar-refractivity contribution in [2.24, 2.45) is 0 Å². The van der Waals surface area contributed by atoms with Crippen molar-refractivity contribution in [2.45, 2.75) is 13.8 Å². The minimum atomic E-state index is 0.244. The number of benzene rings is 3. The summed E-state index contributed by atoms with van der Waals surface area (Å²) in [7, 11) is 0. The zero-order chi connectivity index (χ0) is 19.5. The van der Waals surface area contributed by atoms with Crippen molar-refractivity contribution in [1.29, 1.82) is 0 Å². The lowest BCUT2D eigenvalue weighted by atomic mass is 9.95. The molecule has 0 bridgehead atoms. The maximum Gasteiger partial charge on any atom is 0.231 e. The molecular weight excluding hydrogens is 362 g/mol. The standard InChI is InChI=1S/C25H19NO3/c1-14-8-9-19-17(10-14)23(15(2)26-19)24-18-11-21-22(28-13-27-21)12-20(18)29-25(24)16-6-4-3-5-7-16/h3-12,26H,13H2,1-2H3. The summed E-state index contributed by atoms with van der Waals surface area (Å²) >= 11 is 0. The summed E-state index contributed by atoms with van der Waals surface area (Å²) in [5.74, 6) is 2.34. The molecule has 3 aromatic carbocycles. The van der Waals surface area contributed by atoms with Crippen molar-refractivity contribution in [1.82, 2.24) is 4.98 Å². The van der Waals surface area contributed by atoms with Crippen LogP contribution in [0.15, 0.2) is 65.1 Å². The van der Waals surface area contributed by atoms with Crippen molar-refractivity contribution in [2.75, 3.05) is 6.79 Å². The van der Waals surface area contributed by atoms with Crippen LogP contribution in [0.4, 0.5) is 0 Å². The molecule has 0 amide bonds. The fourth-order valence-electron chi connectivity index (χ4n) is 4.29. The number of hydrogen-bond acceptors (Lipinski definition) is 3. The number of rotatable bonds is 2. The molecule has 0 unspecified atom stereocenters. The zero-order valence-electron chi connectivity index (χ0n) is 16.2. The van der Waals surface area contributed by atoms with Gasteiger partial charge in [0.2, 0.25) is 6.79 Å². The molecular formula is C25H19NO3. The number of aromatic amines is 1. The molecule has 1 N–H and O–H groups in total. The molecule has 0 saturated carbocycles. The topological polar surface area (TPSA) is 47.4 Å². The van der Waals surface area contributed by atoms with Gasteiger partial charge in [-0.05, 0) is 32.0 Å². The van der Waals surface area contributed by atoms with Gasteiger partial charge >= 0.3 is 0 Å². The van der Waals surface area contributed by atoms with Crippen LogP contribution in [0.25, 0.3) is 44.3 Å². The Labute approximate surface area is 167 Å². The summed E-state index contributed by atoms with van der Waals surface area (Å²) in [6.07, 6.45) is 0. The van der Waals surface area contributed by atoms with Crippen molar-refractivity contribution in [3.05, 3.63) is 71.9 Å². The lowest BCUT2D eigenvalue weighted by Crippen LogP contribution is -1.92. The van der Waals surface area contributed by atoms with E-state index in [9.17, 15) is 0 Å². The van der Waals surface area contributed by atoms with E-state index in [1.807, 2.05) is 30.3 Å². The quantitative estimate of drug-likeness (QED) is 0.375. The fraction of sp³-hybridized carbons (Fsp3) is 0.120. The molecule has 4 nitrogen and oxygen atoms in total. The van der Waals surface area contributed by atoms with Crippen molar-refractivity contribution in [3.63, 3.8) is 0 Å². The molecule has 29 heavy (non-hydrogen) atoms. The molecule has 0 saturated heterocycles. The summed E-state index contributed by atoms with van der Waals surface area (Å²) in [5, 5.41) is 2.22. The SMILES string of the molecule is Cc1ccc2[nH]c(C)c(-c3c(-c4ccccc4)oc4cc5c(cc34)OCO5)c2c1. The third-order valence-electron chi connectivity index (χ3n) is 5.61. The highest BCUT2D eigenvalue weighted by Crippen LogP contribution is 2.48. The molecule has 2 aromatic heterocycles. The van der Waals surface area contributed by atoms with E-state index in [0.717, 1.165) is 50.6 Å². The van der Waals surface area contributed by atoms with Crippen molar-refractivity contribution >= 4 is 21.9 Å². The Morgan fingerprint density at radius 2 is 1.59 bits per heavy atom. The second-order valence-electron chi connectivity index (χ2n) is 7.55. The smallest absolute Gasteiger partial charge is 0.231 e. The van der Waals surface area contributed by atoms with Gasteiger partial charge in [-0.2, -0.15) is 0 Å². The van der Waals surface area contributed by atoms with E-state index < -0.39 is 0 Å². The zero-order valence-corrected chi connectivity index (χ0v) is 16.2. The Bertz CT molecular complexity index is 1390. The second-order valence-corrected chi connectivity index (χ2v) is 7.55. The van der Waals surface area contributed by atoms with Crippen molar-refractivity contribution in [3.8, 4) is 33.9 Å². The highest BCUT2D eigenvalue weighted by atomic mass is 16.7. The first-order valence-electron chi connectivity index (χ1n) is 9.70. The summed E-state index contributed by atoms with van der Waals surface area (Å²) in [6.45, 7) is 4.48. The number of fused-ring (bicyclic) bond motifs is 3. The molecule has 0 aliphatic carbocycles. The summed E-state index contributed by atoms with van der Waals surface area (Å²) in [5.41, 5.74) is 7.55. The lowest BCUT2D eigenvalue weighted by molar-refractivity contribution is 0.174. The number of furan rings is 1. The molecule has 1 aliphatic rings. The molecule has 0 radical (unpaired) electrons. The minimum Gasteiger partial charge on any atom is -0.455 e. The molecule has 4 heteroatoms. The van der Waals surface area contributed by atoms with Gasteiger partial charge in [-0.1, -0.05) is 42.0 Å². The summed E-state index contributed by atoms with van der Waals surface area (Å²) in [6, 6.07) is 20.7. The van der Waals surface area contributed by atoms with Gasteiger partial charge in [0.1, 0.15) is 11.3 Å². The fourth-order valence-corrected chi connectivity index (χ4v) is 4.29. The average molecular weight is 381 g/mol. The van der Waals surface area contributed by atoms with Crippen LogP contribution >= 0.6 is 0 Å². The number of aryl methyl sites for hydroxylation is 2. The molecule has 0 atom stereocenters. The van der Waals surface area contributed by atoms with Gasteiger partial charge in [0.25, 0.3) is 0 Å². The first-order chi connectivity index (χ1) is 14.2. The Balaban J connectivity index is 1.75. The molecule has 6 rings (SSSR count). The lowest BCUT2D eigenvalue weighted by Gasteiger charge is -2.06. The maximum absolute atomic E-state index is 6.42. The molecule has 5 aromatic rings. The molecule has 142 valence electrons. The van der Waals surface area contributed by atoms with E-state index in [4.69, 9.17) is 13.9 Å². The van der Waals surface area contributed by atoms with E-state index in [1.165, 1.54) is 16.5 Å². The van der Waals surface area contributed by atoms with Crippen LogP contribution in [0.3, 0.4) is 0 Å². The van der Waals surface area contributed by atoms with Gasteiger partial charge in [0.15, 0.2) is 11.5 Å². The normalized spacial score (nSPS) is 12.9. The largest absolute Gasteiger partial charge is 0.455 e. The van der Waals surface area contributed by atoms with Crippen LogP contribution in [-0.4, -0.2) is 11.8 Å². The minimum absolute atomic E-state index is 0.244. The van der Waals surface area contributed by atoms with E-state index in [-0.39, 0.29) is 6.79 Å². The third kappa shape index (κ3) is 2.39. The van der Waals surface area contributed by atoms with Crippen LogP contribution < -0.4 is 9.47 Å². The van der Waals surface area contributed by atoms with E-state index in [1.54, 1.807) is 0 Å². The van der Waals surface area contributed by atoms with Crippen LogP contribution in [0.1, 0.15) is 11.3 Å². The highest BCUT2D eigenvalue weighted by Gasteiger charge is 2.25. The Kier molecular flexibility index (Phi) is 3.33. The first-order valence-corrected chi connectivity index (χ1v) is 9.70. The monoisotopic (exact) mass is 381 g/mol. The number of hydrogen-bond donors (Lipinski definition) is 1. The van der Waals surface area contributed by atoms with Crippen LogP contribution in [0.5, 0.6) is 11.5 Å². The van der Waals surface area contributed by atoms with Crippen LogP contribution in [-0.2, 0) is 0 Å². The molecule has 3 heterocycles. The number of aromatic nitrogens is 1. The van der Waals surface area contributed by atoms with E-state index in [0.29, 0.717) is 0 Å². The Morgan fingerprint density at radius 1 is 0.793 bits per heavy atom. The van der Waals surface area contributed by atoms with Gasteiger partial charge in [0, 0.05) is 44.7 Å². The summed E-state index contributed by atoms with van der Waals surface area (Å²) < 4.78 is 17.7. The molecule has 1 aliphatic heterocycles. The highest BCUT2D eigenvalue weighted by molar-refractivity contribution is 6.10. The number of ether oxygens (including phenoxy) is 2. The third-order valence-corrected chi connectivity index (χ3v) is 5.61. The van der Waals surface area contributed by atoms with Gasteiger partial charge < -0.3 is 18.9 Å². The predicted molar refractivity (Wildman–Crippen MR) is 115 cm³/mol. The number of H-pyrrole nitrogens is 1.